The Morgan fingerprint density at radius 2 is 1.91 bits per heavy atom. The number of anilines is 2. The molecule has 1 aromatic carbocycles. The Labute approximate surface area is 208 Å². The Morgan fingerprint density at radius 3 is 2.60 bits per heavy atom. The maximum absolute atomic E-state index is 14.1. The lowest BCUT2D eigenvalue weighted by molar-refractivity contribution is 0.0240. The number of carbonyl (C=O) groups excluding carboxylic acids is 1. The van der Waals surface area contributed by atoms with Crippen LogP contribution in [0.4, 0.5) is 20.3 Å². The maximum atomic E-state index is 14.1. The van der Waals surface area contributed by atoms with E-state index in [1.807, 2.05) is 32.9 Å². The Hall–Kier alpha value is -3.27. The number of rotatable bonds is 5. The third-order valence-electron chi connectivity index (χ3n) is 5.71. The minimum absolute atomic E-state index is 0.297. The van der Waals surface area contributed by atoms with Gasteiger partial charge >= 0.3 is 6.09 Å². The molecule has 2 aromatic heterocycles. The first-order valence-electron chi connectivity index (χ1n) is 11.8. The fraction of sp³-hybridized carbons (Fsp3) is 0.440. The molecule has 35 heavy (non-hydrogen) atoms. The molecular formula is C25H29FN6O2S. The molecule has 184 valence electrons. The van der Waals surface area contributed by atoms with Crippen molar-refractivity contribution in [3.8, 4) is 21.8 Å². The van der Waals surface area contributed by atoms with Crippen molar-refractivity contribution in [1.82, 2.24) is 19.9 Å². The molecule has 10 heteroatoms. The average Bonchev–Trinajstić information content (AvgIpc) is 3.52. The number of piperazine rings is 1. The monoisotopic (exact) mass is 496 g/mol. The van der Waals surface area contributed by atoms with Crippen LogP contribution in [0.25, 0.3) is 21.8 Å². The molecule has 2 aliphatic rings. The lowest BCUT2D eigenvalue weighted by Gasteiger charge is -2.35. The van der Waals surface area contributed by atoms with Crippen molar-refractivity contribution in [3.05, 3.63) is 42.3 Å². The fourth-order valence-electron chi connectivity index (χ4n) is 3.82. The number of hydrogen-bond acceptors (Lipinski definition) is 8. The largest absolute Gasteiger partial charge is 0.444 e. The van der Waals surface area contributed by atoms with Gasteiger partial charge in [-0.05, 0) is 51.8 Å². The number of thiazole rings is 1. The molecule has 1 amide bonds. The van der Waals surface area contributed by atoms with Crippen LogP contribution in [-0.2, 0) is 4.74 Å². The number of aromatic nitrogens is 3. The zero-order chi connectivity index (χ0) is 24.6. The summed E-state index contributed by atoms with van der Waals surface area (Å²) in [5.74, 6) is 0.281. The first-order chi connectivity index (χ1) is 16.7. The summed E-state index contributed by atoms with van der Waals surface area (Å²) in [5.41, 5.74) is 1.61. The van der Waals surface area contributed by atoms with Gasteiger partial charge < -0.3 is 19.9 Å². The highest BCUT2D eigenvalue weighted by Crippen LogP contribution is 2.40. The summed E-state index contributed by atoms with van der Waals surface area (Å²) >= 11 is 1.52. The van der Waals surface area contributed by atoms with E-state index in [0.717, 1.165) is 28.5 Å². The molecule has 0 spiro atoms. The average molecular weight is 497 g/mol. The van der Waals surface area contributed by atoms with Gasteiger partial charge in [-0.1, -0.05) is 23.5 Å². The summed E-state index contributed by atoms with van der Waals surface area (Å²) in [6.45, 7) is 7.95. The molecule has 1 aliphatic carbocycles. The quantitative estimate of drug-likeness (QED) is 0.530. The number of benzene rings is 1. The molecule has 1 aliphatic heterocycles. The van der Waals surface area contributed by atoms with Crippen LogP contribution in [0.1, 0.15) is 33.6 Å². The van der Waals surface area contributed by atoms with Crippen LogP contribution in [0.2, 0.25) is 0 Å². The highest BCUT2D eigenvalue weighted by Gasteiger charge is 2.28. The maximum Gasteiger partial charge on any atom is 0.410 e. The van der Waals surface area contributed by atoms with Crippen LogP contribution in [-0.4, -0.2) is 63.8 Å². The van der Waals surface area contributed by atoms with Gasteiger partial charge in [-0.2, -0.15) is 0 Å². The minimum atomic E-state index is -0.525. The van der Waals surface area contributed by atoms with Crippen LogP contribution in [0.3, 0.4) is 0 Å². The van der Waals surface area contributed by atoms with Gasteiger partial charge in [-0.15, -0.1) is 0 Å². The summed E-state index contributed by atoms with van der Waals surface area (Å²) in [5, 5.41) is 4.16. The molecule has 1 N–H and O–H groups in total. The second-order valence-corrected chi connectivity index (χ2v) is 10.8. The van der Waals surface area contributed by atoms with Gasteiger partial charge in [-0.25, -0.2) is 24.1 Å². The Bertz CT molecular complexity index is 1210. The standard InChI is InChI=1S/C25H29FN6O2S/c1-25(2,3)34-24(33)32-13-11-31(12-14-32)23-30-20(16-5-4-6-17(26)15-16)21(35-23)19-9-10-27-22(29-19)28-18-7-8-18/h4-6,9-10,15,18H,7-8,11-14H2,1-3H3,(H,27,28,29). The van der Waals surface area contributed by atoms with E-state index in [-0.39, 0.29) is 11.9 Å². The predicted octanol–water partition coefficient (Wildman–Crippen LogP) is 5.04. The summed E-state index contributed by atoms with van der Waals surface area (Å²) in [6, 6.07) is 8.76. The molecule has 0 radical (unpaired) electrons. The van der Waals surface area contributed by atoms with Crippen LogP contribution in [0.5, 0.6) is 0 Å². The number of halogens is 1. The van der Waals surface area contributed by atoms with E-state index in [0.29, 0.717) is 49.4 Å². The number of hydrogen-bond donors (Lipinski definition) is 1. The number of nitrogens with one attached hydrogen (secondary N) is 1. The van der Waals surface area contributed by atoms with Crippen molar-refractivity contribution >= 4 is 28.5 Å². The van der Waals surface area contributed by atoms with E-state index < -0.39 is 5.60 Å². The van der Waals surface area contributed by atoms with Crippen molar-refractivity contribution < 1.29 is 13.9 Å². The summed E-state index contributed by atoms with van der Waals surface area (Å²) in [6.07, 6.45) is 3.69. The predicted molar refractivity (Wildman–Crippen MR) is 135 cm³/mol. The van der Waals surface area contributed by atoms with Gasteiger partial charge in [0.1, 0.15) is 11.4 Å². The highest BCUT2D eigenvalue weighted by molar-refractivity contribution is 7.19. The molecule has 0 unspecified atom stereocenters. The highest BCUT2D eigenvalue weighted by atomic mass is 32.1. The van der Waals surface area contributed by atoms with Crippen molar-refractivity contribution in [2.45, 2.75) is 45.3 Å². The van der Waals surface area contributed by atoms with E-state index in [4.69, 9.17) is 14.7 Å². The SMILES string of the molecule is CC(C)(C)OC(=O)N1CCN(c2nc(-c3cccc(F)c3)c(-c3ccnc(NC4CC4)n3)s2)CC1. The molecule has 8 nitrogen and oxygen atoms in total. The summed E-state index contributed by atoms with van der Waals surface area (Å²) in [4.78, 5) is 31.2. The van der Waals surface area contributed by atoms with E-state index >= 15 is 0 Å². The number of nitrogens with zero attached hydrogens (tertiary/aromatic N) is 5. The molecular weight excluding hydrogens is 467 g/mol. The van der Waals surface area contributed by atoms with Crippen LogP contribution >= 0.6 is 11.3 Å². The number of ether oxygens (including phenoxy) is 1. The van der Waals surface area contributed by atoms with Crippen LogP contribution < -0.4 is 10.2 Å². The van der Waals surface area contributed by atoms with Gasteiger partial charge in [0.25, 0.3) is 0 Å². The summed E-state index contributed by atoms with van der Waals surface area (Å²) in [7, 11) is 0. The molecule has 1 saturated carbocycles. The molecule has 3 aromatic rings. The van der Waals surface area contributed by atoms with Gasteiger partial charge in [0, 0.05) is 44.0 Å². The van der Waals surface area contributed by atoms with Crippen LogP contribution in [0.15, 0.2) is 36.5 Å². The molecule has 0 atom stereocenters. The Balaban J connectivity index is 1.41. The molecule has 5 rings (SSSR count). The normalized spacial score (nSPS) is 16.3. The van der Waals surface area contributed by atoms with Crippen molar-refractivity contribution in [2.24, 2.45) is 0 Å². The second kappa shape index (κ2) is 9.41. The van der Waals surface area contributed by atoms with E-state index in [2.05, 4.69) is 15.2 Å². The zero-order valence-electron chi connectivity index (χ0n) is 20.1. The first kappa shape index (κ1) is 23.5. The second-order valence-electron chi connectivity index (χ2n) is 9.82. The fourth-order valence-corrected chi connectivity index (χ4v) is 4.93. The Kier molecular flexibility index (Phi) is 6.31. The topological polar surface area (TPSA) is 83.5 Å². The lowest BCUT2D eigenvalue weighted by Crippen LogP contribution is -2.50. The minimum Gasteiger partial charge on any atom is -0.444 e. The van der Waals surface area contributed by atoms with Gasteiger partial charge in [0.15, 0.2) is 5.13 Å². The molecule has 0 bridgehead atoms. The number of amides is 1. The van der Waals surface area contributed by atoms with Gasteiger partial charge in [-0.3, -0.25) is 0 Å². The van der Waals surface area contributed by atoms with Crippen molar-refractivity contribution in [2.75, 3.05) is 36.4 Å². The first-order valence-corrected chi connectivity index (χ1v) is 12.7. The van der Waals surface area contributed by atoms with Gasteiger partial charge in [0.2, 0.25) is 5.95 Å². The molecule has 3 heterocycles. The Morgan fingerprint density at radius 1 is 1.14 bits per heavy atom. The van der Waals surface area contributed by atoms with Crippen LogP contribution in [0, 0.1) is 5.82 Å². The summed E-state index contributed by atoms with van der Waals surface area (Å²) < 4.78 is 19.6. The van der Waals surface area contributed by atoms with E-state index in [1.54, 1.807) is 17.2 Å². The third-order valence-corrected chi connectivity index (χ3v) is 6.85. The third kappa shape index (κ3) is 5.70. The smallest absolute Gasteiger partial charge is 0.410 e. The van der Waals surface area contributed by atoms with Crippen molar-refractivity contribution in [1.29, 1.82) is 0 Å². The number of carbonyl (C=O) groups is 1. The van der Waals surface area contributed by atoms with E-state index in [1.165, 1.54) is 23.5 Å². The lowest BCUT2D eigenvalue weighted by atomic mass is 10.1. The molecule has 2 fully saturated rings. The molecule has 1 saturated heterocycles. The van der Waals surface area contributed by atoms with E-state index in [9.17, 15) is 9.18 Å². The van der Waals surface area contributed by atoms with Crippen molar-refractivity contribution in [3.63, 3.8) is 0 Å². The zero-order valence-corrected chi connectivity index (χ0v) is 20.9. The van der Waals surface area contributed by atoms with Gasteiger partial charge in [0.05, 0.1) is 16.3 Å².